The Hall–Kier alpha value is -2.37. The van der Waals surface area contributed by atoms with Gasteiger partial charge in [0, 0.05) is 42.6 Å². The lowest BCUT2D eigenvalue weighted by atomic mass is 9.95. The van der Waals surface area contributed by atoms with E-state index in [0.29, 0.717) is 36.1 Å². The van der Waals surface area contributed by atoms with Crippen molar-refractivity contribution >= 4 is 23.4 Å². The number of hydrogen-bond acceptors (Lipinski definition) is 3. The van der Waals surface area contributed by atoms with E-state index in [9.17, 15) is 9.59 Å². The number of piperidine rings is 1. The monoisotopic (exact) mass is 423 g/mol. The van der Waals surface area contributed by atoms with Crippen molar-refractivity contribution in [1.82, 2.24) is 15.1 Å². The first-order valence-electron chi connectivity index (χ1n) is 10.8. The minimum atomic E-state index is -0.325. The molecule has 5 rings (SSSR count). The van der Waals surface area contributed by atoms with Crippen molar-refractivity contribution < 1.29 is 9.59 Å². The summed E-state index contributed by atoms with van der Waals surface area (Å²) in [4.78, 5) is 30.2. The zero-order chi connectivity index (χ0) is 20.7. The minimum absolute atomic E-state index is 0.0321. The van der Waals surface area contributed by atoms with Gasteiger partial charge < -0.3 is 9.80 Å². The van der Waals surface area contributed by atoms with Crippen LogP contribution in [-0.2, 0) is 11.2 Å². The van der Waals surface area contributed by atoms with E-state index < -0.39 is 0 Å². The van der Waals surface area contributed by atoms with E-state index in [1.165, 1.54) is 5.56 Å². The molecule has 0 bridgehead atoms. The van der Waals surface area contributed by atoms with Gasteiger partial charge in [0.25, 0.3) is 5.91 Å². The Kier molecular flexibility index (Phi) is 5.03. The third kappa shape index (κ3) is 3.61. The van der Waals surface area contributed by atoms with Gasteiger partial charge >= 0.3 is 0 Å². The lowest BCUT2D eigenvalue weighted by Crippen LogP contribution is -2.60. The van der Waals surface area contributed by atoms with Crippen LogP contribution in [0.1, 0.15) is 41.6 Å². The molecule has 2 aromatic rings. The maximum atomic E-state index is 13.3. The van der Waals surface area contributed by atoms with E-state index in [4.69, 9.17) is 11.6 Å². The van der Waals surface area contributed by atoms with E-state index in [-0.39, 0.29) is 23.5 Å². The van der Waals surface area contributed by atoms with Crippen molar-refractivity contribution in [2.45, 2.75) is 49.9 Å². The summed E-state index contributed by atoms with van der Waals surface area (Å²) in [7, 11) is 0. The molecular weight excluding hydrogens is 398 g/mol. The summed E-state index contributed by atoms with van der Waals surface area (Å²) in [6.07, 6.45) is 4.40. The Morgan fingerprint density at radius 2 is 1.70 bits per heavy atom. The third-order valence-electron chi connectivity index (χ3n) is 6.60. The number of nitrogens with zero attached hydrogens (tertiary/aromatic N) is 2. The quantitative estimate of drug-likeness (QED) is 0.819. The summed E-state index contributed by atoms with van der Waals surface area (Å²) in [5.41, 5.74) is 1.51. The van der Waals surface area contributed by atoms with Crippen molar-refractivity contribution in [2.75, 3.05) is 13.1 Å². The summed E-state index contributed by atoms with van der Waals surface area (Å²) in [6, 6.07) is 17.4. The van der Waals surface area contributed by atoms with Gasteiger partial charge in [-0.3, -0.25) is 14.9 Å². The molecule has 2 saturated heterocycles. The zero-order valence-electron chi connectivity index (χ0n) is 16.9. The fourth-order valence-electron chi connectivity index (χ4n) is 4.92. The average molecular weight is 424 g/mol. The first-order valence-corrected chi connectivity index (χ1v) is 11.1. The molecule has 3 fully saturated rings. The number of nitrogens with one attached hydrogen (secondary N) is 1. The lowest BCUT2D eigenvalue weighted by Gasteiger charge is -2.45. The lowest BCUT2D eigenvalue weighted by molar-refractivity contribution is -0.134. The predicted octanol–water partition coefficient (Wildman–Crippen LogP) is 3.48. The highest BCUT2D eigenvalue weighted by Crippen LogP contribution is 2.41. The molecule has 3 aliphatic rings. The van der Waals surface area contributed by atoms with E-state index in [0.717, 1.165) is 25.7 Å². The third-order valence-corrected chi connectivity index (χ3v) is 6.86. The predicted molar refractivity (Wildman–Crippen MR) is 116 cm³/mol. The Morgan fingerprint density at radius 1 is 1.03 bits per heavy atom. The van der Waals surface area contributed by atoms with E-state index in [1.807, 2.05) is 23.1 Å². The van der Waals surface area contributed by atoms with Gasteiger partial charge in [0.2, 0.25) is 5.91 Å². The Morgan fingerprint density at radius 3 is 2.33 bits per heavy atom. The fourth-order valence-corrected chi connectivity index (χ4v) is 5.05. The largest absolute Gasteiger partial charge is 0.338 e. The molecule has 2 aliphatic heterocycles. The van der Waals surface area contributed by atoms with Crippen molar-refractivity contribution in [1.29, 1.82) is 0 Å². The molecule has 5 nitrogen and oxygen atoms in total. The molecule has 1 aliphatic carbocycles. The molecule has 0 unspecified atom stereocenters. The standard InChI is InChI=1S/C24H26ClN3O2/c25-19-8-6-18(7-9-19)22(29)27-14-12-24(13-15-27)26-21(16-17-4-2-1-3-5-17)23(30)28(24)20-10-11-20/h1-9,20-21,26H,10-16H2/t21-/m0/s1. The topological polar surface area (TPSA) is 52.7 Å². The highest BCUT2D eigenvalue weighted by Gasteiger charge is 2.56. The molecular formula is C24H26ClN3O2. The molecule has 2 heterocycles. The van der Waals surface area contributed by atoms with E-state index in [2.05, 4.69) is 22.3 Å². The van der Waals surface area contributed by atoms with Crippen molar-refractivity contribution in [3.8, 4) is 0 Å². The Bertz CT molecular complexity index is 935. The highest BCUT2D eigenvalue weighted by atomic mass is 35.5. The van der Waals surface area contributed by atoms with Crippen molar-refractivity contribution in [2.24, 2.45) is 0 Å². The molecule has 2 aromatic carbocycles. The highest BCUT2D eigenvalue weighted by molar-refractivity contribution is 6.30. The molecule has 2 amide bonds. The van der Waals surface area contributed by atoms with Crippen LogP contribution in [0, 0.1) is 0 Å². The second kappa shape index (κ2) is 7.71. The molecule has 1 atom stereocenters. The van der Waals surface area contributed by atoms with Gasteiger partial charge in [-0.1, -0.05) is 41.9 Å². The summed E-state index contributed by atoms with van der Waals surface area (Å²) in [5, 5.41) is 4.33. The normalized spacial score (nSPS) is 23.2. The number of carbonyl (C=O) groups excluding carboxylic acids is 2. The van der Waals surface area contributed by atoms with Gasteiger partial charge in [0.15, 0.2) is 0 Å². The van der Waals surface area contributed by atoms with Gasteiger partial charge in [0.1, 0.15) is 0 Å². The Labute approximate surface area is 182 Å². The first kappa shape index (κ1) is 19.6. The second-order valence-corrected chi connectivity index (χ2v) is 9.09. The number of amides is 2. The van der Waals surface area contributed by atoms with Crippen LogP contribution in [0.2, 0.25) is 5.02 Å². The van der Waals surface area contributed by atoms with E-state index in [1.54, 1.807) is 24.3 Å². The smallest absolute Gasteiger partial charge is 0.253 e. The van der Waals surface area contributed by atoms with Gasteiger partial charge in [-0.15, -0.1) is 0 Å². The minimum Gasteiger partial charge on any atom is -0.338 e. The molecule has 1 N–H and O–H groups in total. The first-order chi connectivity index (χ1) is 14.6. The van der Waals surface area contributed by atoms with Crippen LogP contribution >= 0.6 is 11.6 Å². The molecule has 0 radical (unpaired) electrons. The van der Waals surface area contributed by atoms with Crippen LogP contribution in [0.3, 0.4) is 0 Å². The second-order valence-electron chi connectivity index (χ2n) is 8.66. The molecule has 30 heavy (non-hydrogen) atoms. The summed E-state index contributed by atoms with van der Waals surface area (Å²) in [6.45, 7) is 1.28. The number of carbonyl (C=O) groups is 2. The van der Waals surface area contributed by atoms with Gasteiger partial charge in [-0.25, -0.2) is 0 Å². The zero-order valence-corrected chi connectivity index (χ0v) is 17.6. The summed E-state index contributed by atoms with van der Waals surface area (Å²) in [5.74, 6) is 0.253. The van der Waals surface area contributed by atoms with E-state index >= 15 is 0 Å². The van der Waals surface area contributed by atoms with Gasteiger partial charge in [-0.2, -0.15) is 0 Å². The van der Waals surface area contributed by atoms with Gasteiger partial charge in [-0.05, 0) is 49.1 Å². The molecule has 0 aromatic heterocycles. The van der Waals surface area contributed by atoms with Crippen LogP contribution in [0.25, 0.3) is 0 Å². The molecule has 1 spiro atoms. The van der Waals surface area contributed by atoms with Crippen molar-refractivity contribution in [3.63, 3.8) is 0 Å². The SMILES string of the molecule is O=C(c1ccc(Cl)cc1)N1CCC2(CC1)N[C@@H](Cc1ccccc1)C(=O)N2C1CC1. The maximum absolute atomic E-state index is 13.3. The molecule has 1 saturated carbocycles. The Balaban J connectivity index is 1.31. The summed E-state index contributed by atoms with van der Waals surface area (Å²) < 4.78 is 0. The number of hydrogen-bond donors (Lipinski definition) is 1. The van der Waals surface area contributed by atoms with Gasteiger partial charge in [0.05, 0.1) is 11.7 Å². The number of likely N-dealkylation sites (tertiary alicyclic amines) is 1. The van der Waals surface area contributed by atoms with Crippen LogP contribution in [0.4, 0.5) is 0 Å². The van der Waals surface area contributed by atoms with Crippen LogP contribution in [0.15, 0.2) is 54.6 Å². The molecule has 6 heteroatoms. The average Bonchev–Trinajstić information content (AvgIpc) is 3.56. The van der Waals surface area contributed by atoms with Crippen LogP contribution in [0.5, 0.6) is 0 Å². The maximum Gasteiger partial charge on any atom is 0.253 e. The number of benzene rings is 2. The fraction of sp³-hybridized carbons (Fsp3) is 0.417. The van der Waals surface area contributed by atoms with Crippen LogP contribution in [-0.4, -0.2) is 52.5 Å². The van der Waals surface area contributed by atoms with Crippen LogP contribution < -0.4 is 5.32 Å². The number of halogens is 1. The van der Waals surface area contributed by atoms with Crippen molar-refractivity contribution in [3.05, 3.63) is 70.7 Å². The summed E-state index contributed by atoms with van der Waals surface area (Å²) >= 11 is 5.95. The molecule has 156 valence electrons. The number of rotatable bonds is 4.